The topological polar surface area (TPSA) is 75.6 Å². The van der Waals surface area contributed by atoms with E-state index in [9.17, 15) is 9.18 Å². The summed E-state index contributed by atoms with van der Waals surface area (Å²) in [5, 5.41) is 0. The molecular weight excluding hydrogens is 177 g/mol. The Hall–Kier alpha value is -1.92. The molecule has 13 heavy (non-hydrogen) atoms. The van der Waals surface area contributed by atoms with Crippen LogP contribution in [0.5, 0.6) is 0 Å². The SMILES string of the molecule is CNn1cnc2c(=O)[nH]c(F)nc21. The number of aromatic nitrogens is 4. The summed E-state index contributed by atoms with van der Waals surface area (Å²) in [6.07, 6.45) is 0.432. The van der Waals surface area contributed by atoms with E-state index in [1.807, 2.05) is 4.98 Å². The summed E-state index contributed by atoms with van der Waals surface area (Å²) in [6.45, 7) is 0. The van der Waals surface area contributed by atoms with E-state index in [-0.39, 0.29) is 11.2 Å². The molecule has 0 fully saturated rings. The Bertz CT molecular complexity index is 501. The van der Waals surface area contributed by atoms with Crippen molar-refractivity contribution in [1.82, 2.24) is 19.6 Å². The molecule has 0 aromatic carbocycles. The van der Waals surface area contributed by atoms with Crippen molar-refractivity contribution in [3.05, 3.63) is 22.8 Å². The van der Waals surface area contributed by atoms with Crippen molar-refractivity contribution >= 4 is 11.2 Å². The van der Waals surface area contributed by atoms with Crippen LogP contribution in [-0.4, -0.2) is 26.7 Å². The van der Waals surface area contributed by atoms with Gasteiger partial charge in [-0.2, -0.15) is 9.37 Å². The van der Waals surface area contributed by atoms with Crippen LogP contribution in [0.2, 0.25) is 0 Å². The van der Waals surface area contributed by atoms with Crippen LogP contribution >= 0.6 is 0 Å². The summed E-state index contributed by atoms with van der Waals surface area (Å²) in [7, 11) is 1.61. The predicted molar refractivity (Wildman–Crippen MR) is 43.4 cm³/mol. The first-order chi connectivity index (χ1) is 6.22. The van der Waals surface area contributed by atoms with E-state index in [1.165, 1.54) is 11.0 Å². The number of nitrogens with one attached hydrogen (secondary N) is 2. The van der Waals surface area contributed by atoms with Gasteiger partial charge in [0.1, 0.15) is 6.33 Å². The lowest BCUT2D eigenvalue weighted by Crippen LogP contribution is -2.14. The first-order valence-corrected chi connectivity index (χ1v) is 3.53. The van der Waals surface area contributed by atoms with Gasteiger partial charge in [-0.3, -0.25) is 9.78 Å². The molecule has 2 N–H and O–H groups in total. The summed E-state index contributed by atoms with van der Waals surface area (Å²) >= 11 is 0. The third-order valence-corrected chi connectivity index (χ3v) is 1.62. The molecule has 0 saturated carbocycles. The number of halogens is 1. The zero-order chi connectivity index (χ0) is 9.42. The number of hydrogen-bond donors (Lipinski definition) is 2. The van der Waals surface area contributed by atoms with E-state index >= 15 is 0 Å². The molecule has 0 bridgehead atoms. The van der Waals surface area contributed by atoms with E-state index in [1.54, 1.807) is 7.05 Å². The Labute approximate surface area is 71.4 Å². The molecule has 68 valence electrons. The van der Waals surface area contributed by atoms with Crippen molar-refractivity contribution in [3.63, 3.8) is 0 Å². The minimum atomic E-state index is -0.922. The highest BCUT2D eigenvalue weighted by atomic mass is 19.1. The van der Waals surface area contributed by atoms with Crippen LogP contribution < -0.4 is 11.0 Å². The number of rotatable bonds is 1. The van der Waals surface area contributed by atoms with Gasteiger partial charge in [0.15, 0.2) is 11.2 Å². The maximum absolute atomic E-state index is 12.7. The molecule has 0 aliphatic rings. The first kappa shape index (κ1) is 7.71. The van der Waals surface area contributed by atoms with Crippen LogP contribution in [0.3, 0.4) is 0 Å². The fourth-order valence-corrected chi connectivity index (χ4v) is 1.05. The van der Waals surface area contributed by atoms with E-state index in [4.69, 9.17) is 0 Å². The molecule has 2 aromatic rings. The van der Waals surface area contributed by atoms with Crippen LogP contribution in [0, 0.1) is 6.08 Å². The normalized spacial score (nSPS) is 10.6. The maximum Gasteiger partial charge on any atom is 0.291 e. The van der Waals surface area contributed by atoms with E-state index in [0.29, 0.717) is 0 Å². The lowest BCUT2D eigenvalue weighted by molar-refractivity contribution is 0.538. The summed E-state index contributed by atoms with van der Waals surface area (Å²) in [5.74, 6) is 0. The van der Waals surface area contributed by atoms with Crippen LogP contribution in [0.25, 0.3) is 11.2 Å². The highest BCUT2D eigenvalue weighted by molar-refractivity contribution is 5.69. The summed E-state index contributed by atoms with van der Waals surface area (Å²) in [5.41, 5.74) is 2.37. The molecule has 6 nitrogen and oxygen atoms in total. The maximum atomic E-state index is 12.7. The smallest absolute Gasteiger partial charge is 0.291 e. The Kier molecular flexibility index (Phi) is 1.51. The van der Waals surface area contributed by atoms with Gasteiger partial charge >= 0.3 is 0 Å². The lowest BCUT2D eigenvalue weighted by atomic mass is 10.5. The van der Waals surface area contributed by atoms with Crippen LogP contribution in [0.1, 0.15) is 0 Å². The minimum absolute atomic E-state index is 0.107. The third kappa shape index (κ3) is 1.05. The molecule has 0 aliphatic carbocycles. The minimum Gasteiger partial charge on any atom is -0.326 e. The van der Waals surface area contributed by atoms with Gasteiger partial charge in [-0.05, 0) is 0 Å². The Morgan fingerprint density at radius 1 is 1.69 bits per heavy atom. The number of H-pyrrole nitrogens is 1. The fourth-order valence-electron chi connectivity index (χ4n) is 1.05. The van der Waals surface area contributed by atoms with E-state index < -0.39 is 11.6 Å². The highest BCUT2D eigenvalue weighted by Crippen LogP contribution is 2.01. The Morgan fingerprint density at radius 2 is 2.46 bits per heavy atom. The number of nitrogens with zero attached hydrogens (tertiary/aromatic N) is 3. The molecule has 0 atom stereocenters. The second-order valence-corrected chi connectivity index (χ2v) is 2.37. The number of imidazole rings is 1. The van der Waals surface area contributed by atoms with Gasteiger partial charge in [-0.1, -0.05) is 0 Å². The van der Waals surface area contributed by atoms with E-state index in [2.05, 4.69) is 15.4 Å². The predicted octanol–water partition coefficient (Wildman–Crippen LogP) is -0.568. The van der Waals surface area contributed by atoms with Gasteiger partial charge in [0, 0.05) is 7.05 Å². The number of fused-ring (bicyclic) bond motifs is 1. The third-order valence-electron chi connectivity index (χ3n) is 1.62. The average Bonchev–Trinajstić information content (AvgIpc) is 2.47. The largest absolute Gasteiger partial charge is 0.326 e. The molecule has 0 amide bonds. The van der Waals surface area contributed by atoms with Gasteiger partial charge in [-0.15, -0.1) is 0 Å². The van der Waals surface area contributed by atoms with Gasteiger partial charge in [0.05, 0.1) is 0 Å². The quantitative estimate of drug-likeness (QED) is 0.580. The Balaban J connectivity index is 2.90. The zero-order valence-electron chi connectivity index (χ0n) is 6.71. The summed E-state index contributed by atoms with van der Waals surface area (Å²) < 4.78 is 14.0. The molecule has 7 heteroatoms. The zero-order valence-corrected chi connectivity index (χ0v) is 6.71. The van der Waals surface area contributed by atoms with Crippen LogP contribution in [-0.2, 0) is 0 Å². The average molecular weight is 183 g/mol. The Morgan fingerprint density at radius 3 is 3.15 bits per heavy atom. The molecule has 0 aliphatic heterocycles. The molecule has 0 radical (unpaired) electrons. The second-order valence-electron chi connectivity index (χ2n) is 2.37. The van der Waals surface area contributed by atoms with E-state index in [0.717, 1.165) is 0 Å². The highest BCUT2D eigenvalue weighted by Gasteiger charge is 2.08. The molecule has 0 saturated heterocycles. The van der Waals surface area contributed by atoms with Gasteiger partial charge < -0.3 is 5.43 Å². The van der Waals surface area contributed by atoms with Crippen molar-refractivity contribution in [3.8, 4) is 0 Å². The van der Waals surface area contributed by atoms with Crippen molar-refractivity contribution in [2.75, 3.05) is 12.5 Å². The lowest BCUT2D eigenvalue weighted by Gasteiger charge is -1.98. The summed E-state index contributed by atoms with van der Waals surface area (Å²) in [4.78, 5) is 20.2. The van der Waals surface area contributed by atoms with Crippen molar-refractivity contribution in [2.45, 2.75) is 0 Å². The molecule has 2 heterocycles. The van der Waals surface area contributed by atoms with Crippen LogP contribution in [0.15, 0.2) is 11.1 Å². The van der Waals surface area contributed by atoms with Crippen molar-refractivity contribution in [1.29, 1.82) is 0 Å². The fraction of sp³-hybridized carbons (Fsp3) is 0.167. The van der Waals surface area contributed by atoms with Crippen LogP contribution in [0.4, 0.5) is 4.39 Å². The molecule has 2 rings (SSSR count). The monoisotopic (exact) mass is 183 g/mol. The number of hydrogen-bond acceptors (Lipinski definition) is 4. The van der Waals surface area contributed by atoms with Crippen molar-refractivity contribution < 1.29 is 4.39 Å². The first-order valence-electron chi connectivity index (χ1n) is 3.53. The standard InChI is InChI=1S/C6H6FN5O/c1-8-12-2-9-3-4(12)10-6(7)11-5(3)13/h2,8H,1H3,(H,10,11,13). The molecule has 0 unspecified atom stereocenters. The van der Waals surface area contributed by atoms with Gasteiger partial charge in [0.25, 0.3) is 11.6 Å². The van der Waals surface area contributed by atoms with Gasteiger partial charge in [0.2, 0.25) is 0 Å². The molecular formula is C6H6FN5O. The molecule has 2 aromatic heterocycles. The summed E-state index contributed by atoms with van der Waals surface area (Å²) in [6, 6.07) is 0. The van der Waals surface area contributed by atoms with Crippen molar-refractivity contribution in [2.24, 2.45) is 0 Å². The second kappa shape index (κ2) is 2.54. The molecule has 0 spiro atoms. The number of aromatic amines is 1. The van der Waals surface area contributed by atoms with Gasteiger partial charge in [-0.25, -0.2) is 9.66 Å².